The lowest BCUT2D eigenvalue weighted by atomic mass is 9.88. The van der Waals surface area contributed by atoms with Gasteiger partial charge in [-0.15, -0.1) is 0 Å². The number of carbonyl (C=O) groups is 1. The summed E-state index contributed by atoms with van der Waals surface area (Å²) in [4.78, 5) is 15.7. The number of ether oxygens (including phenoxy) is 1. The third-order valence-electron chi connectivity index (χ3n) is 5.62. The van der Waals surface area contributed by atoms with Gasteiger partial charge in [0.2, 0.25) is 0 Å². The van der Waals surface area contributed by atoms with E-state index in [1.54, 1.807) is 0 Å². The number of fused-ring (bicyclic) bond motifs is 1. The number of hydrogen-bond donors (Lipinski definition) is 1. The van der Waals surface area contributed by atoms with Gasteiger partial charge in [0.25, 0.3) is 0 Å². The maximum Gasteiger partial charge on any atom is 0.167 e. The molecule has 0 spiro atoms. The number of hydrogen-bond acceptors (Lipinski definition) is 4. The van der Waals surface area contributed by atoms with E-state index in [-0.39, 0.29) is 18.3 Å². The van der Waals surface area contributed by atoms with Gasteiger partial charge in [0.05, 0.1) is 6.61 Å². The van der Waals surface area contributed by atoms with Gasteiger partial charge in [-0.25, -0.2) is 0 Å². The molecule has 3 aromatic rings. The number of nitrogens with zero attached hydrogens (tertiary/aromatic N) is 1. The molecule has 4 heteroatoms. The summed E-state index contributed by atoms with van der Waals surface area (Å²) < 4.78 is 5.42. The van der Waals surface area contributed by atoms with E-state index >= 15 is 0 Å². The smallest absolute Gasteiger partial charge is 0.167 e. The van der Waals surface area contributed by atoms with E-state index < -0.39 is 0 Å². The summed E-state index contributed by atoms with van der Waals surface area (Å²) in [6.07, 6.45) is 1.99. The first-order valence-corrected chi connectivity index (χ1v) is 10.3. The Bertz CT molecular complexity index is 962. The summed E-state index contributed by atoms with van der Waals surface area (Å²) in [6.45, 7) is 2.97. The lowest BCUT2D eigenvalue weighted by molar-refractivity contribution is 0.0813. The molecular weight excluding hydrogens is 362 g/mol. The summed E-state index contributed by atoms with van der Waals surface area (Å²) in [7, 11) is 0. The van der Waals surface area contributed by atoms with Crippen LogP contribution in [0.15, 0.2) is 66.7 Å². The maximum absolute atomic E-state index is 13.3. The van der Waals surface area contributed by atoms with Crippen LogP contribution < -0.4 is 4.74 Å². The fourth-order valence-electron chi connectivity index (χ4n) is 4.19. The van der Waals surface area contributed by atoms with Gasteiger partial charge in [0, 0.05) is 24.6 Å². The maximum atomic E-state index is 13.3. The first kappa shape index (κ1) is 19.6. The Kier molecular flexibility index (Phi) is 6.23. The average molecular weight is 389 g/mol. The molecule has 3 aromatic carbocycles. The van der Waals surface area contributed by atoms with Crippen molar-refractivity contribution in [1.29, 1.82) is 0 Å². The Morgan fingerprint density at radius 3 is 2.66 bits per heavy atom. The fourth-order valence-corrected chi connectivity index (χ4v) is 4.19. The van der Waals surface area contributed by atoms with Gasteiger partial charge >= 0.3 is 0 Å². The van der Waals surface area contributed by atoms with E-state index in [4.69, 9.17) is 9.84 Å². The Balaban J connectivity index is 1.43. The van der Waals surface area contributed by atoms with Crippen molar-refractivity contribution in [3.8, 4) is 5.75 Å². The number of Topliss-reactive ketones (excluding diaryl/α,β-unsaturated/α-hetero) is 1. The molecule has 4 nitrogen and oxygen atoms in total. The Labute approximate surface area is 171 Å². The molecule has 1 fully saturated rings. The highest BCUT2D eigenvalue weighted by molar-refractivity contribution is 6.09. The van der Waals surface area contributed by atoms with Crippen LogP contribution in [0.2, 0.25) is 0 Å². The van der Waals surface area contributed by atoms with Gasteiger partial charge in [-0.3, -0.25) is 9.69 Å². The third kappa shape index (κ3) is 4.66. The molecule has 0 saturated carbocycles. The van der Waals surface area contributed by atoms with Crippen molar-refractivity contribution in [2.45, 2.75) is 19.4 Å². The van der Waals surface area contributed by atoms with Crippen molar-refractivity contribution in [3.05, 3.63) is 77.9 Å². The highest BCUT2D eigenvalue weighted by Crippen LogP contribution is 2.26. The van der Waals surface area contributed by atoms with Crippen molar-refractivity contribution in [3.63, 3.8) is 0 Å². The molecule has 1 aliphatic heterocycles. The molecule has 4 rings (SSSR count). The second-order valence-electron chi connectivity index (χ2n) is 7.68. The zero-order valence-electron chi connectivity index (χ0n) is 16.6. The van der Waals surface area contributed by atoms with Gasteiger partial charge in [-0.1, -0.05) is 54.6 Å². The van der Waals surface area contributed by atoms with Crippen LogP contribution in [0.25, 0.3) is 10.8 Å². The summed E-state index contributed by atoms with van der Waals surface area (Å²) >= 11 is 0. The summed E-state index contributed by atoms with van der Waals surface area (Å²) in [5.41, 5.74) is 2.06. The molecule has 1 saturated heterocycles. The van der Waals surface area contributed by atoms with E-state index in [0.717, 1.165) is 54.6 Å². The normalized spacial score (nSPS) is 17.3. The Morgan fingerprint density at radius 1 is 1.03 bits per heavy atom. The number of piperidine rings is 1. The molecule has 0 radical (unpaired) electrons. The minimum absolute atomic E-state index is 0.0155. The summed E-state index contributed by atoms with van der Waals surface area (Å²) in [6, 6.07) is 22.1. The minimum Gasteiger partial charge on any atom is -0.491 e. The van der Waals surface area contributed by atoms with Gasteiger partial charge in [-0.2, -0.15) is 0 Å². The zero-order chi connectivity index (χ0) is 20.1. The molecule has 1 atom stereocenters. The molecule has 1 unspecified atom stereocenters. The molecule has 1 aliphatic rings. The van der Waals surface area contributed by atoms with E-state index in [1.807, 2.05) is 42.5 Å². The van der Waals surface area contributed by atoms with E-state index in [2.05, 4.69) is 29.2 Å². The standard InChI is InChI=1S/C25H27NO3/c27-15-16-29-22-12-10-19(11-13-22)17-26-14-4-7-21(18-26)25(28)24-9-3-6-20-5-1-2-8-23(20)24/h1-3,5-6,8-13,21,27H,4,7,14-18H2. The predicted molar refractivity (Wildman–Crippen MR) is 115 cm³/mol. The molecule has 0 aliphatic carbocycles. The molecule has 150 valence electrons. The van der Waals surface area contributed by atoms with Crippen molar-refractivity contribution in [2.24, 2.45) is 5.92 Å². The second kappa shape index (κ2) is 9.21. The number of carbonyl (C=O) groups excluding carboxylic acids is 1. The lowest BCUT2D eigenvalue weighted by Crippen LogP contribution is -2.38. The molecule has 1 heterocycles. The van der Waals surface area contributed by atoms with Crippen molar-refractivity contribution < 1.29 is 14.6 Å². The van der Waals surface area contributed by atoms with Crippen molar-refractivity contribution >= 4 is 16.6 Å². The monoisotopic (exact) mass is 389 g/mol. The van der Waals surface area contributed by atoms with E-state index in [9.17, 15) is 4.79 Å². The number of aliphatic hydroxyl groups excluding tert-OH is 1. The van der Waals surface area contributed by atoms with Crippen LogP contribution >= 0.6 is 0 Å². The van der Waals surface area contributed by atoms with Crippen LogP contribution in [-0.2, 0) is 6.54 Å². The van der Waals surface area contributed by atoms with Crippen LogP contribution in [0.1, 0.15) is 28.8 Å². The summed E-state index contributed by atoms with van der Waals surface area (Å²) in [5.74, 6) is 1.08. The third-order valence-corrected chi connectivity index (χ3v) is 5.62. The lowest BCUT2D eigenvalue weighted by Gasteiger charge is -2.32. The molecular formula is C25H27NO3. The van der Waals surface area contributed by atoms with Gasteiger partial charge in [0.1, 0.15) is 12.4 Å². The largest absolute Gasteiger partial charge is 0.491 e. The van der Waals surface area contributed by atoms with Crippen LogP contribution in [0.3, 0.4) is 0 Å². The number of aliphatic hydroxyl groups is 1. The molecule has 0 amide bonds. The second-order valence-corrected chi connectivity index (χ2v) is 7.68. The number of likely N-dealkylation sites (tertiary alicyclic amines) is 1. The fraction of sp³-hybridized carbons (Fsp3) is 0.320. The van der Waals surface area contributed by atoms with Crippen LogP contribution in [-0.4, -0.2) is 42.1 Å². The van der Waals surface area contributed by atoms with Crippen molar-refractivity contribution in [2.75, 3.05) is 26.3 Å². The molecule has 0 aromatic heterocycles. The number of benzene rings is 3. The predicted octanol–water partition coefficient (Wildman–Crippen LogP) is 4.31. The minimum atomic E-state index is 0.0155. The van der Waals surface area contributed by atoms with Gasteiger partial charge in [-0.05, 0) is 47.9 Å². The van der Waals surface area contributed by atoms with Gasteiger partial charge in [0.15, 0.2) is 5.78 Å². The molecule has 29 heavy (non-hydrogen) atoms. The van der Waals surface area contributed by atoms with Crippen LogP contribution in [0, 0.1) is 5.92 Å². The topological polar surface area (TPSA) is 49.8 Å². The highest BCUT2D eigenvalue weighted by atomic mass is 16.5. The zero-order valence-corrected chi connectivity index (χ0v) is 16.6. The van der Waals surface area contributed by atoms with Gasteiger partial charge < -0.3 is 9.84 Å². The van der Waals surface area contributed by atoms with Crippen molar-refractivity contribution in [1.82, 2.24) is 4.90 Å². The summed E-state index contributed by atoms with van der Waals surface area (Å²) in [5, 5.41) is 11.0. The SMILES string of the molecule is O=C(c1cccc2ccccc12)C1CCCN(Cc2ccc(OCCO)cc2)C1. The number of rotatable bonds is 7. The first-order chi connectivity index (χ1) is 14.2. The van der Waals surface area contributed by atoms with E-state index in [0.29, 0.717) is 6.61 Å². The van der Waals surface area contributed by atoms with E-state index in [1.165, 1.54) is 5.56 Å². The molecule has 1 N–H and O–H groups in total. The molecule has 0 bridgehead atoms. The van der Waals surface area contributed by atoms with Crippen LogP contribution in [0.5, 0.6) is 5.75 Å². The first-order valence-electron chi connectivity index (χ1n) is 10.3. The Morgan fingerprint density at radius 2 is 1.83 bits per heavy atom. The number of ketones is 1. The Hall–Kier alpha value is -2.69. The highest BCUT2D eigenvalue weighted by Gasteiger charge is 2.27. The average Bonchev–Trinajstić information content (AvgIpc) is 2.78. The quantitative estimate of drug-likeness (QED) is 0.612. The van der Waals surface area contributed by atoms with Crippen LogP contribution in [0.4, 0.5) is 0 Å².